The smallest absolute Gasteiger partial charge is 0.228 e. The maximum Gasteiger partial charge on any atom is 0.228 e. The Balaban J connectivity index is 2.21. The Kier molecular flexibility index (Phi) is 4.15. The van der Waals surface area contributed by atoms with Gasteiger partial charge in [0.1, 0.15) is 0 Å². The van der Waals surface area contributed by atoms with Crippen molar-refractivity contribution in [3.05, 3.63) is 35.9 Å². The van der Waals surface area contributed by atoms with Crippen molar-refractivity contribution >= 4 is 5.91 Å². The van der Waals surface area contributed by atoms with E-state index >= 15 is 0 Å². The van der Waals surface area contributed by atoms with Gasteiger partial charge in [0.25, 0.3) is 0 Å². The number of likely N-dealkylation sites (N-methyl/N-ethyl adjacent to an activating group) is 1. The fraction of sp³-hybridized carbons (Fsp3) is 0.500. The van der Waals surface area contributed by atoms with Crippen LogP contribution in [0.15, 0.2) is 30.3 Å². The number of carbonyl (C=O) groups excluding carboxylic acids is 1. The summed E-state index contributed by atoms with van der Waals surface area (Å²) in [5, 5.41) is 6.25. The fourth-order valence-corrected chi connectivity index (χ4v) is 2.55. The molecule has 1 aromatic carbocycles. The standard InChI is InChI=1S/C14H20N2O/c1-15-14(17)13(11-7-3-2-4-8-11)12-9-5-6-10-16-12/h2-4,7-8,12-13,16H,5-6,9-10H2,1H3,(H,15,17)/t12-,13-/m1/s1. The third-order valence-electron chi connectivity index (χ3n) is 3.44. The molecule has 1 aliphatic heterocycles. The van der Waals surface area contributed by atoms with Crippen LogP contribution in [-0.2, 0) is 4.79 Å². The third kappa shape index (κ3) is 2.86. The van der Waals surface area contributed by atoms with Gasteiger partial charge in [0.2, 0.25) is 5.91 Å². The molecule has 1 heterocycles. The van der Waals surface area contributed by atoms with Gasteiger partial charge < -0.3 is 10.6 Å². The van der Waals surface area contributed by atoms with Crippen LogP contribution in [0.2, 0.25) is 0 Å². The fourth-order valence-electron chi connectivity index (χ4n) is 2.55. The molecule has 92 valence electrons. The van der Waals surface area contributed by atoms with Gasteiger partial charge in [0, 0.05) is 13.1 Å². The van der Waals surface area contributed by atoms with Crippen molar-refractivity contribution in [3.8, 4) is 0 Å². The van der Waals surface area contributed by atoms with Crippen molar-refractivity contribution in [3.63, 3.8) is 0 Å². The summed E-state index contributed by atoms with van der Waals surface area (Å²) >= 11 is 0. The van der Waals surface area contributed by atoms with Crippen LogP contribution < -0.4 is 10.6 Å². The second-order valence-electron chi connectivity index (χ2n) is 4.56. The van der Waals surface area contributed by atoms with E-state index in [1.165, 1.54) is 12.8 Å². The number of piperidine rings is 1. The lowest BCUT2D eigenvalue weighted by Gasteiger charge is -2.30. The van der Waals surface area contributed by atoms with Crippen LogP contribution in [-0.4, -0.2) is 25.5 Å². The van der Waals surface area contributed by atoms with Gasteiger partial charge in [-0.25, -0.2) is 0 Å². The van der Waals surface area contributed by atoms with Crippen molar-refractivity contribution in [1.82, 2.24) is 10.6 Å². The first kappa shape index (κ1) is 12.1. The van der Waals surface area contributed by atoms with E-state index in [9.17, 15) is 4.79 Å². The molecule has 17 heavy (non-hydrogen) atoms. The highest BCUT2D eigenvalue weighted by atomic mass is 16.1. The van der Waals surface area contributed by atoms with Gasteiger partial charge in [-0.2, -0.15) is 0 Å². The second kappa shape index (κ2) is 5.82. The number of rotatable bonds is 3. The number of carbonyl (C=O) groups is 1. The highest BCUT2D eigenvalue weighted by molar-refractivity contribution is 5.84. The van der Waals surface area contributed by atoms with E-state index in [-0.39, 0.29) is 17.9 Å². The summed E-state index contributed by atoms with van der Waals surface area (Å²) in [7, 11) is 1.71. The van der Waals surface area contributed by atoms with Crippen LogP contribution in [0.1, 0.15) is 30.7 Å². The molecule has 3 nitrogen and oxygen atoms in total. The largest absolute Gasteiger partial charge is 0.359 e. The van der Waals surface area contributed by atoms with Crippen molar-refractivity contribution < 1.29 is 4.79 Å². The number of hydrogen-bond acceptors (Lipinski definition) is 2. The molecule has 0 aromatic heterocycles. The lowest BCUT2D eigenvalue weighted by molar-refractivity contribution is -0.122. The molecule has 1 fully saturated rings. The zero-order valence-corrected chi connectivity index (χ0v) is 10.3. The van der Waals surface area contributed by atoms with E-state index in [1.54, 1.807) is 7.05 Å². The second-order valence-corrected chi connectivity index (χ2v) is 4.56. The van der Waals surface area contributed by atoms with Crippen LogP contribution in [0.4, 0.5) is 0 Å². The Labute approximate surface area is 103 Å². The summed E-state index contributed by atoms with van der Waals surface area (Å²) < 4.78 is 0. The first-order valence-corrected chi connectivity index (χ1v) is 6.33. The summed E-state index contributed by atoms with van der Waals surface area (Å²) in [4.78, 5) is 12.1. The third-order valence-corrected chi connectivity index (χ3v) is 3.44. The van der Waals surface area contributed by atoms with E-state index < -0.39 is 0 Å². The molecule has 1 aromatic rings. The van der Waals surface area contributed by atoms with E-state index in [0.29, 0.717) is 0 Å². The maximum atomic E-state index is 12.1. The molecule has 2 atom stereocenters. The summed E-state index contributed by atoms with van der Waals surface area (Å²) in [6, 6.07) is 10.3. The first-order chi connectivity index (χ1) is 8.33. The highest BCUT2D eigenvalue weighted by Crippen LogP contribution is 2.25. The predicted molar refractivity (Wildman–Crippen MR) is 68.9 cm³/mol. The minimum absolute atomic E-state index is 0.0681. The molecule has 0 saturated carbocycles. The molecule has 0 spiro atoms. The lowest BCUT2D eigenvalue weighted by atomic mass is 9.86. The van der Waals surface area contributed by atoms with Gasteiger partial charge in [-0.15, -0.1) is 0 Å². The monoisotopic (exact) mass is 232 g/mol. The van der Waals surface area contributed by atoms with Crippen molar-refractivity contribution in [2.24, 2.45) is 0 Å². The molecular formula is C14H20N2O. The van der Waals surface area contributed by atoms with Gasteiger partial charge in [-0.3, -0.25) is 4.79 Å². The van der Waals surface area contributed by atoms with Crippen LogP contribution in [0.5, 0.6) is 0 Å². The SMILES string of the molecule is CNC(=O)[C@H](c1ccccc1)[C@H]1CCCCN1. The molecule has 2 N–H and O–H groups in total. The van der Waals surface area contributed by atoms with Gasteiger partial charge in [0.05, 0.1) is 5.92 Å². The van der Waals surface area contributed by atoms with Gasteiger partial charge in [-0.05, 0) is 24.9 Å². The topological polar surface area (TPSA) is 41.1 Å². The summed E-state index contributed by atoms with van der Waals surface area (Å²) in [5.41, 5.74) is 1.10. The lowest BCUT2D eigenvalue weighted by Crippen LogP contribution is -2.44. The summed E-state index contributed by atoms with van der Waals surface area (Å²) in [6.07, 6.45) is 3.50. The van der Waals surface area contributed by atoms with E-state index in [1.807, 2.05) is 30.3 Å². The average Bonchev–Trinajstić information content (AvgIpc) is 2.41. The highest BCUT2D eigenvalue weighted by Gasteiger charge is 2.29. The Morgan fingerprint density at radius 2 is 2.12 bits per heavy atom. The quantitative estimate of drug-likeness (QED) is 0.832. The van der Waals surface area contributed by atoms with Gasteiger partial charge in [-0.1, -0.05) is 36.8 Å². The normalized spacial score (nSPS) is 21.8. The molecule has 1 saturated heterocycles. The van der Waals surface area contributed by atoms with Crippen LogP contribution in [0.25, 0.3) is 0 Å². The molecule has 3 heteroatoms. The molecule has 0 unspecified atom stereocenters. The minimum atomic E-state index is -0.0681. The van der Waals surface area contributed by atoms with E-state index in [4.69, 9.17) is 0 Å². The number of benzene rings is 1. The number of hydrogen-bond donors (Lipinski definition) is 2. The van der Waals surface area contributed by atoms with E-state index in [2.05, 4.69) is 10.6 Å². The summed E-state index contributed by atoms with van der Waals surface area (Å²) in [5.74, 6) is 0.0390. The predicted octanol–water partition coefficient (Wildman–Crippen LogP) is 1.66. The number of nitrogens with one attached hydrogen (secondary N) is 2. The average molecular weight is 232 g/mol. The number of amides is 1. The molecular weight excluding hydrogens is 212 g/mol. The Hall–Kier alpha value is -1.35. The molecule has 0 radical (unpaired) electrons. The van der Waals surface area contributed by atoms with Gasteiger partial charge in [0.15, 0.2) is 0 Å². The van der Waals surface area contributed by atoms with Crippen molar-refractivity contribution in [2.45, 2.75) is 31.2 Å². The zero-order valence-electron chi connectivity index (χ0n) is 10.3. The molecule has 1 amide bonds. The van der Waals surface area contributed by atoms with E-state index in [0.717, 1.165) is 18.5 Å². The molecule has 0 bridgehead atoms. The Morgan fingerprint density at radius 3 is 2.71 bits per heavy atom. The van der Waals surface area contributed by atoms with Crippen LogP contribution in [0, 0.1) is 0 Å². The minimum Gasteiger partial charge on any atom is -0.359 e. The Bertz CT molecular complexity index is 358. The summed E-state index contributed by atoms with van der Waals surface area (Å²) in [6.45, 7) is 1.02. The van der Waals surface area contributed by atoms with Crippen molar-refractivity contribution in [1.29, 1.82) is 0 Å². The molecule has 1 aliphatic rings. The molecule has 2 rings (SSSR count). The Morgan fingerprint density at radius 1 is 1.35 bits per heavy atom. The first-order valence-electron chi connectivity index (χ1n) is 6.33. The zero-order chi connectivity index (χ0) is 12.1. The maximum absolute atomic E-state index is 12.1. The van der Waals surface area contributed by atoms with Crippen molar-refractivity contribution in [2.75, 3.05) is 13.6 Å². The van der Waals surface area contributed by atoms with Crippen LogP contribution in [0.3, 0.4) is 0 Å². The van der Waals surface area contributed by atoms with Gasteiger partial charge >= 0.3 is 0 Å². The molecule has 0 aliphatic carbocycles. The van der Waals surface area contributed by atoms with Crippen LogP contribution >= 0.6 is 0 Å².